The average molecular weight is 239 g/mol. The lowest BCUT2D eigenvalue weighted by Crippen LogP contribution is -2.01. The molecule has 0 saturated carbocycles. The molecule has 1 aromatic heterocycles. The molecule has 82 valence electrons. The van der Waals surface area contributed by atoms with Gasteiger partial charge < -0.3 is 15.9 Å². The largest absolute Gasteiger partial charge is 0.505 e. The number of benzene rings is 1. The number of carboxylic acids is 1. The van der Waals surface area contributed by atoms with E-state index in [1.807, 2.05) is 0 Å². The molecule has 0 unspecified atom stereocenters. The van der Waals surface area contributed by atoms with Gasteiger partial charge in [0.25, 0.3) is 0 Å². The van der Waals surface area contributed by atoms with Gasteiger partial charge in [0.05, 0.1) is 0 Å². The van der Waals surface area contributed by atoms with Gasteiger partial charge in [-0.3, -0.25) is 0 Å². The lowest BCUT2D eigenvalue weighted by atomic mass is 10.1. The zero-order chi connectivity index (χ0) is 11.9. The van der Waals surface area contributed by atoms with E-state index in [2.05, 4.69) is 4.98 Å². The SMILES string of the molecule is Nc1ccc2c(O)c(C(=O)O)nc(Cl)c2c1. The van der Waals surface area contributed by atoms with Crippen molar-refractivity contribution in [3.05, 3.63) is 29.0 Å². The van der Waals surface area contributed by atoms with Gasteiger partial charge in [-0.2, -0.15) is 0 Å². The van der Waals surface area contributed by atoms with Crippen molar-refractivity contribution in [2.75, 3.05) is 5.73 Å². The van der Waals surface area contributed by atoms with Crippen LogP contribution in [0.5, 0.6) is 5.75 Å². The number of hydrogen-bond donors (Lipinski definition) is 3. The molecule has 1 heterocycles. The summed E-state index contributed by atoms with van der Waals surface area (Å²) < 4.78 is 0. The monoisotopic (exact) mass is 238 g/mol. The lowest BCUT2D eigenvalue weighted by molar-refractivity contribution is 0.0687. The van der Waals surface area contributed by atoms with Crippen molar-refractivity contribution in [3.8, 4) is 5.75 Å². The van der Waals surface area contributed by atoms with E-state index in [9.17, 15) is 9.90 Å². The van der Waals surface area contributed by atoms with E-state index < -0.39 is 17.4 Å². The van der Waals surface area contributed by atoms with Gasteiger partial charge in [0.2, 0.25) is 0 Å². The molecule has 0 aliphatic carbocycles. The summed E-state index contributed by atoms with van der Waals surface area (Å²) in [5.41, 5.74) is 5.54. The standard InChI is InChI=1S/C10H7ClN2O3/c11-9-6-3-4(12)1-2-5(6)8(14)7(13-9)10(15)16/h1-3,14H,12H2,(H,15,16). The minimum Gasteiger partial charge on any atom is -0.505 e. The number of rotatable bonds is 1. The highest BCUT2D eigenvalue weighted by Crippen LogP contribution is 2.33. The molecular formula is C10H7ClN2O3. The predicted octanol–water partition coefficient (Wildman–Crippen LogP) is 1.87. The quantitative estimate of drug-likeness (QED) is 0.521. The lowest BCUT2D eigenvalue weighted by Gasteiger charge is -2.06. The highest BCUT2D eigenvalue weighted by atomic mass is 35.5. The minimum absolute atomic E-state index is 0.00231. The maximum atomic E-state index is 10.8. The van der Waals surface area contributed by atoms with Crippen LogP contribution in [0.1, 0.15) is 10.5 Å². The normalized spacial score (nSPS) is 10.6. The van der Waals surface area contributed by atoms with Crippen molar-refractivity contribution in [2.24, 2.45) is 0 Å². The summed E-state index contributed by atoms with van der Waals surface area (Å²) in [5, 5.41) is 19.2. The van der Waals surface area contributed by atoms with Gasteiger partial charge in [-0.1, -0.05) is 11.6 Å². The minimum atomic E-state index is -1.34. The molecule has 0 radical (unpaired) electrons. The molecule has 4 N–H and O–H groups in total. The van der Waals surface area contributed by atoms with Gasteiger partial charge in [0, 0.05) is 16.5 Å². The van der Waals surface area contributed by atoms with E-state index >= 15 is 0 Å². The molecule has 0 bridgehead atoms. The molecule has 2 rings (SSSR count). The molecular weight excluding hydrogens is 232 g/mol. The Morgan fingerprint density at radius 1 is 1.38 bits per heavy atom. The van der Waals surface area contributed by atoms with Gasteiger partial charge in [-0.05, 0) is 18.2 Å². The van der Waals surface area contributed by atoms with Crippen LogP contribution >= 0.6 is 11.6 Å². The molecule has 0 aliphatic heterocycles. The van der Waals surface area contributed by atoms with Crippen molar-refractivity contribution in [1.29, 1.82) is 0 Å². The van der Waals surface area contributed by atoms with Crippen LogP contribution in [0.15, 0.2) is 18.2 Å². The van der Waals surface area contributed by atoms with Gasteiger partial charge in [-0.25, -0.2) is 9.78 Å². The smallest absolute Gasteiger partial charge is 0.358 e. The maximum absolute atomic E-state index is 10.8. The van der Waals surface area contributed by atoms with E-state index in [0.717, 1.165) is 0 Å². The van der Waals surface area contributed by atoms with Crippen molar-refractivity contribution in [2.45, 2.75) is 0 Å². The second-order valence-electron chi connectivity index (χ2n) is 3.21. The third-order valence-electron chi connectivity index (χ3n) is 2.16. The molecule has 5 nitrogen and oxygen atoms in total. The number of carbonyl (C=O) groups is 1. The number of aromatic hydroxyl groups is 1. The second-order valence-corrected chi connectivity index (χ2v) is 3.57. The van der Waals surface area contributed by atoms with Crippen LogP contribution in [0.4, 0.5) is 5.69 Å². The van der Waals surface area contributed by atoms with Crippen LogP contribution < -0.4 is 5.73 Å². The van der Waals surface area contributed by atoms with Crippen LogP contribution in [0.2, 0.25) is 5.15 Å². The number of nitrogens with two attached hydrogens (primary N) is 1. The molecule has 0 atom stereocenters. The third-order valence-corrected chi connectivity index (χ3v) is 2.45. The van der Waals surface area contributed by atoms with Gasteiger partial charge in [-0.15, -0.1) is 0 Å². The number of halogens is 1. The van der Waals surface area contributed by atoms with E-state index in [4.69, 9.17) is 22.4 Å². The topological polar surface area (TPSA) is 96.4 Å². The number of aromatic nitrogens is 1. The first kappa shape index (κ1) is 10.5. The number of pyridine rings is 1. The first-order valence-corrected chi connectivity index (χ1v) is 4.69. The zero-order valence-electron chi connectivity index (χ0n) is 7.94. The summed E-state index contributed by atoms with van der Waals surface area (Å²) in [4.78, 5) is 14.4. The summed E-state index contributed by atoms with van der Waals surface area (Å²) >= 11 is 5.81. The number of hydrogen-bond acceptors (Lipinski definition) is 4. The molecule has 16 heavy (non-hydrogen) atoms. The highest BCUT2D eigenvalue weighted by Gasteiger charge is 2.17. The Morgan fingerprint density at radius 2 is 2.06 bits per heavy atom. The maximum Gasteiger partial charge on any atom is 0.358 e. The predicted molar refractivity (Wildman–Crippen MR) is 59.8 cm³/mol. The van der Waals surface area contributed by atoms with Crippen LogP contribution in [0.25, 0.3) is 10.8 Å². The Morgan fingerprint density at radius 3 is 2.69 bits per heavy atom. The second kappa shape index (κ2) is 3.53. The number of anilines is 1. The Balaban J connectivity index is 2.90. The summed E-state index contributed by atoms with van der Waals surface area (Å²) in [7, 11) is 0. The van der Waals surface area contributed by atoms with Crippen LogP contribution in [0, 0.1) is 0 Å². The average Bonchev–Trinajstić information content (AvgIpc) is 2.22. The first-order valence-electron chi connectivity index (χ1n) is 4.31. The van der Waals surface area contributed by atoms with Crippen LogP contribution in [0.3, 0.4) is 0 Å². The third kappa shape index (κ3) is 1.51. The van der Waals surface area contributed by atoms with E-state index in [-0.39, 0.29) is 5.15 Å². The van der Waals surface area contributed by atoms with Crippen molar-refractivity contribution in [1.82, 2.24) is 4.98 Å². The number of fused-ring (bicyclic) bond motifs is 1. The molecule has 0 aliphatic rings. The molecule has 0 saturated heterocycles. The van der Waals surface area contributed by atoms with E-state index in [0.29, 0.717) is 16.5 Å². The fourth-order valence-electron chi connectivity index (χ4n) is 1.43. The van der Waals surface area contributed by atoms with Crippen molar-refractivity contribution >= 4 is 34.0 Å². The first-order chi connectivity index (χ1) is 7.50. The number of nitrogens with zero attached hydrogens (tertiary/aromatic N) is 1. The molecule has 0 spiro atoms. The van der Waals surface area contributed by atoms with Crippen molar-refractivity contribution in [3.63, 3.8) is 0 Å². The molecule has 6 heteroatoms. The fraction of sp³-hybridized carbons (Fsp3) is 0. The molecule has 0 fully saturated rings. The Labute approximate surface area is 95.1 Å². The number of nitrogen functional groups attached to an aromatic ring is 1. The molecule has 0 amide bonds. The Hall–Kier alpha value is -2.01. The Bertz CT molecular complexity index is 598. The van der Waals surface area contributed by atoms with Crippen LogP contribution in [-0.2, 0) is 0 Å². The van der Waals surface area contributed by atoms with E-state index in [1.54, 1.807) is 6.07 Å². The van der Waals surface area contributed by atoms with Gasteiger partial charge >= 0.3 is 5.97 Å². The summed E-state index contributed by atoms with van der Waals surface area (Å²) in [5.74, 6) is -1.75. The fourth-order valence-corrected chi connectivity index (χ4v) is 1.67. The Kier molecular flexibility index (Phi) is 2.32. The van der Waals surface area contributed by atoms with Gasteiger partial charge in [0.1, 0.15) is 5.15 Å². The van der Waals surface area contributed by atoms with E-state index in [1.165, 1.54) is 12.1 Å². The number of aromatic carboxylic acids is 1. The van der Waals surface area contributed by atoms with Crippen molar-refractivity contribution < 1.29 is 15.0 Å². The zero-order valence-corrected chi connectivity index (χ0v) is 8.69. The highest BCUT2D eigenvalue weighted by molar-refractivity contribution is 6.35. The summed E-state index contributed by atoms with van der Waals surface area (Å²) in [6.45, 7) is 0. The summed E-state index contributed by atoms with van der Waals surface area (Å²) in [6, 6.07) is 4.57. The number of carboxylic acid groups (broad SMARTS) is 1. The summed E-state index contributed by atoms with van der Waals surface area (Å²) in [6.07, 6.45) is 0. The molecule has 1 aromatic carbocycles. The molecule has 2 aromatic rings. The van der Waals surface area contributed by atoms with Gasteiger partial charge in [0.15, 0.2) is 11.4 Å². The van der Waals surface area contributed by atoms with Crippen LogP contribution in [-0.4, -0.2) is 21.2 Å².